The minimum absolute atomic E-state index is 0.00736. The molecule has 1 aromatic carbocycles. The molecule has 2 nitrogen and oxygen atoms in total. The van der Waals surface area contributed by atoms with Gasteiger partial charge in [0.2, 0.25) is 0 Å². The van der Waals surface area contributed by atoms with Crippen LogP contribution in [0.25, 0.3) is 0 Å². The SMILES string of the molecule is C=N/C=N\C=C(/C)Cc1ccc(C(C)(C)C(=C)C)c(C)c1. The monoisotopic (exact) mass is 282 g/mol. The van der Waals surface area contributed by atoms with Gasteiger partial charge in [-0.15, -0.1) is 0 Å². The molecule has 21 heavy (non-hydrogen) atoms. The Hall–Kier alpha value is -1.96. The lowest BCUT2D eigenvalue weighted by atomic mass is 9.76. The van der Waals surface area contributed by atoms with E-state index in [2.05, 4.69) is 76.1 Å². The molecule has 0 bridgehead atoms. The Kier molecular flexibility index (Phi) is 5.83. The first-order chi connectivity index (χ1) is 9.78. The molecule has 0 fully saturated rings. The number of hydrogen-bond acceptors (Lipinski definition) is 1. The largest absolute Gasteiger partial charge is 0.253 e. The summed E-state index contributed by atoms with van der Waals surface area (Å²) < 4.78 is 0. The molecule has 1 rings (SSSR count). The minimum atomic E-state index is 0.00736. The molecule has 0 N–H and O–H groups in total. The van der Waals surface area contributed by atoms with E-state index in [1.807, 2.05) is 6.20 Å². The average Bonchev–Trinajstić information content (AvgIpc) is 2.38. The van der Waals surface area contributed by atoms with Crippen molar-refractivity contribution in [2.45, 2.75) is 46.5 Å². The van der Waals surface area contributed by atoms with E-state index in [0.717, 1.165) is 6.42 Å². The van der Waals surface area contributed by atoms with Gasteiger partial charge >= 0.3 is 0 Å². The van der Waals surface area contributed by atoms with Gasteiger partial charge in [-0.05, 0) is 50.6 Å². The number of nitrogens with zero attached hydrogens (tertiary/aromatic N) is 2. The van der Waals surface area contributed by atoms with Crippen molar-refractivity contribution < 1.29 is 0 Å². The molecule has 0 atom stereocenters. The normalized spacial score (nSPS) is 12.7. The predicted molar refractivity (Wildman–Crippen MR) is 94.5 cm³/mol. The first kappa shape index (κ1) is 17.1. The molecule has 0 aliphatic heterocycles. The van der Waals surface area contributed by atoms with Crippen LogP contribution in [0.3, 0.4) is 0 Å². The quantitative estimate of drug-likeness (QED) is 0.397. The van der Waals surface area contributed by atoms with Gasteiger partial charge in [0.05, 0.1) is 0 Å². The van der Waals surface area contributed by atoms with Gasteiger partial charge in [-0.3, -0.25) is 4.99 Å². The van der Waals surface area contributed by atoms with E-state index in [1.54, 1.807) is 0 Å². The molecule has 112 valence electrons. The molecule has 0 aliphatic carbocycles. The summed E-state index contributed by atoms with van der Waals surface area (Å²) in [5.41, 5.74) is 6.33. The predicted octanol–water partition coefficient (Wildman–Crippen LogP) is 5.02. The number of rotatable bonds is 6. The fourth-order valence-corrected chi connectivity index (χ4v) is 2.34. The molecule has 0 saturated heterocycles. The first-order valence-corrected chi connectivity index (χ1v) is 7.18. The zero-order valence-corrected chi connectivity index (χ0v) is 13.9. The fraction of sp³-hybridized carbons (Fsp3) is 0.368. The van der Waals surface area contributed by atoms with E-state index in [1.165, 1.54) is 34.2 Å². The topological polar surface area (TPSA) is 24.7 Å². The molecule has 0 aromatic heterocycles. The smallest absolute Gasteiger partial charge is 0.114 e. The maximum absolute atomic E-state index is 4.12. The Labute approximate surface area is 129 Å². The summed E-state index contributed by atoms with van der Waals surface area (Å²) in [5.74, 6) is 0. The van der Waals surface area contributed by atoms with Crippen LogP contribution in [0.1, 0.15) is 44.4 Å². The molecule has 0 heterocycles. The minimum Gasteiger partial charge on any atom is -0.253 e. The van der Waals surface area contributed by atoms with Crippen LogP contribution < -0.4 is 0 Å². The Balaban J connectivity index is 2.98. The summed E-state index contributed by atoms with van der Waals surface area (Å²) in [6.07, 6.45) is 4.17. The zero-order valence-electron chi connectivity index (χ0n) is 13.9. The number of aliphatic imine (C=N–C) groups is 2. The lowest BCUT2D eigenvalue weighted by molar-refractivity contribution is 0.621. The van der Waals surface area contributed by atoms with E-state index < -0.39 is 0 Å². The van der Waals surface area contributed by atoms with Crippen LogP contribution in [0.15, 0.2) is 52.1 Å². The maximum atomic E-state index is 4.12. The summed E-state index contributed by atoms with van der Waals surface area (Å²) in [6, 6.07) is 6.67. The van der Waals surface area contributed by atoms with Crippen LogP contribution in [0, 0.1) is 6.92 Å². The first-order valence-electron chi connectivity index (χ1n) is 7.18. The van der Waals surface area contributed by atoms with Crippen molar-refractivity contribution in [3.8, 4) is 0 Å². The highest BCUT2D eigenvalue weighted by atomic mass is 14.8. The van der Waals surface area contributed by atoms with Crippen LogP contribution in [-0.2, 0) is 11.8 Å². The highest BCUT2D eigenvalue weighted by molar-refractivity contribution is 5.62. The van der Waals surface area contributed by atoms with Gasteiger partial charge in [-0.25, -0.2) is 4.99 Å². The molecule has 0 saturated carbocycles. The third kappa shape index (κ3) is 4.52. The van der Waals surface area contributed by atoms with Crippen LogP contribution in [0.2, 0.25) is 0 Å². The number of benzene rings is 1. The van der Waals surface area contributed by atoms with Gasteiger partial charge in [0.25, 0.3) is 0 Å². The molecule has 0 spiro atoms. The standard InChI is InChI=1S/C19H26N2/c1-14(2)19(5,6)18-9-8-17(11-16(18)4)10-15(3)12-21-13-20-7/h8-9,11-13H,1,7,10H2,2-6H3/b15-12+,21-13-. The average molecular weight is 282 g/mol. The summed E-state index contributed by atoms with van der Waals surface area (Å²) >= 11 is 0. The van der Waals surface area contributed by atoms with Gasteiger partial charge in [-0.2, -0.15) is 0 Å². The van der Waals surface area contributed by atoms with Gasteiger partial charge in [-0.1, -0.05) is 49.8 Å². The molecule has 0 amide bonds. The second kappa shape index (κ2) is 7.16. The van der Waals surface area contributed by atoms with E-state index >= 15 is 0 Å². The van der Waals surface area contributed by atoms with Gasteiger partial charge in [0, 0.05) is 11.6 Å². The van der Waals surface area contributed by atoms with Crippen molar-refractivity contribution in [1.82, 2.24) is 0 Å². The van der Waals surface area contributed by atoms with Crippen LogP contribution >= 0.6 is 0 Å². The fourth-order valence-electron chi connectivity index (χ4n) is 2.34. The lowest BCUT2D eigenvalue weighted by Gasteiger charge is -2.28. The van der Waals surface area contributed by atoms with E-state index in [-0.39, 0.29) is 5.41 Å². The zero-order chi connectivity index (χ0) is 16.0. The summed E-state index contributed by atoms with van der Waals surface area (Å²) in [4.78, 5) is 7.65. The second-order valence-corrected chi connectivity index (χ2v) is 6.15. The number of hydrogen-bond donors (Lipinski definition) is 0. The Bertz CT molecular complexity index is 590. The Morgan fingerprint density at radius 1 is 1.29 bits per heavy atom. The third-order valence-corrected chi connectivity index (χ3v) is 3.96. The van der Waals surface area contributed by atoms with Gasteiger partial charge in [0.15, 0.2) is 0 Å². The van der Waals surface area contributed by atoms with Crippen molar-refractivity contribution in [1.29, 1.82) is 0 Å². The molecular weight excluding hydrogens is 256 g/mol. The van der Waals surface area contributed by atoms with Gasteiger partial charge in [0.1, 0.15) is 6.34 Å². The Morgan fingerprint density at radius 2 is 1.95 bits per heavy atom. The molecule has 0 unspecified atom stereocenters. The third-order valence-electron chi connectivity index (χ3n) is 3.96. The summed E-state index contributed by atoms with van der Waals surface area (Å²) in [7, 11) is 0. The highest BCUT2D eigenvalue weighted by Gasteiger charge is 2.23. The van der Waals surface area contributed by atoms with Crippen LogP contribution in [-0.4, -0.2) is 13.1 Å². The molecular formula is C19H26N2. The number of allylic oxidation sites excluding steroid dienone is 2. The maximum Gasteiger partial charge on any atom is 0.114 e. The highest BCUT2D eigenvalue weighted by Crippen LogP contribution is 2.32. The Morgan fingerprint density at radius 3 is 2.48 bits per heavy atom. The van der Waals surface area contributed by atoms with E-state index in [9.17, 15) is 0 Å². The van der Waals surface area contributed by atoms with E-state index in [4.69, 9.17) is 0 Å². The van der Waals surface area contributed by atoms with E-state index in [0.29, 0.717) is 0 Å². The molecule has 1 aromatic rings. The van der Waals surface area contributed by atoms with Crippen molar-refractivity contribution in [2.75, 3.05) is 0 Å². The van der Waals surface area contributed by atoms with Crippen LogP contribution in [0.4, 0.5) is 0 Å². The summed E-state index contributed by atoms with van der Waals surface area (Å²) in [6.45, 7) is 18.3. The molecule has 2 heteroatoms. The molecule has 0 radical (unpaired) electrons. The lowest BCUT2D eigenvalue weighted by Crippen LogP contribution is -2.19. The summed E-state index contributed by atoms with van der Waals surface area (Å²) in [5, 5.41) is 0. The van der Waals surface area contributed by atoms with Crippen molar-refractivity contribution in [3.05, 3.63) is 58.8 Å². The van der Waals surface area contributed by atoms with Crippen molar-refractivity contribution in [2.24, 2.45) is 9.98 Å². The van der Waals surface area contributed by atoms with Gasteiger partial charge < -0.3 is 0 Å². The van der Waals surface area contributed by atoms with Crippen molar-refractivity contribution >= 4 is 13.1 Å². The molecule has 0 aliphatic rings. The van der Waals surface area contributed by atoms with Crippen LogP contribution in [0.5, 0.6) is 0 Å². The number of aryl methyl sites for hydroxylation is 1. The second-order valence-electron chi connectivity index (χ2n) is 6.15. The van der Waals surface area contributed by atoms with Crippen molar-refractivity contribution in [3.63, 3.8) is 0 Å².